The van der Waals surface area contributed by atoms with Crippen molar-refractivity contribution in [1.82, 2.24) is 9.88 Å². The smallest absolute Gasteiger partial charge is 0.260 e. The Morgan fingerprint density at radius 1 is 1.40 bits per heavy atom. The molecule has 6 nitrogen and oxygen atoms in total. The minimum atomic E-state index is -0.127. The zero-order chi connectivity index (χ0) is 17.8. The Morgan fingerprint density at radius 2 is 2.20 bits per heavy atom. The quantitative estimate of drug-likeness (QED) is 0.825. The van der Waals surface area contributed by atoms with Gasteiger partial charge >= 0.3 is 0 Å². The second-order valence-electron chi connectivity index (χ2n) is 6.19. The first-order valence-corrected chi connectivity index (χ1v) is 9.08. The van der Waals surface area contributed by atoms with Crippen molar-refractivity contribution in [3.8, 4) is 5.75 Å². The van der Waals surface area contributed by atoms with Crippen LogP contribution in [-0.4, -0.2) is 35.4 Å². The third kappa shape index (κ3) is 5.03. The van der Waals surface area contributed by atoms with E-state index in [1.54, 1.807) is 41.5 Å². The van der Waals surface area contributed by atoms with Gasteiger partial charge in [-0.15, -0.1) is 11.3 Å². The minimum Gasteiger partial charge on any atom is -0.484 e. The molecule has 3 rings (SSSR count). The number of amides is 2. The molecule has 1 saturated carbocycles. The summed E-state index contributed by atoms with van der Waals surface area (Å²) in [4.78, 5) is 29.9. The van der Waals surface area contributed by atoms with Gasteiger partial charge in [-0.05, 0) is 31.9 Å². The number of anilines is 1. The van der Waals surface area contributed by atoms with Crippen molar-refractivity contribution in [2.24, 2.45) is 5.92 Å². The largest absolute Gasteiger partial charge is 0.484 e. The van der Waals surface area contributed by atoms with Crippen LogP contribution < -0.4 is 10.1 Å². The Kier molecular flexibility index (Phi) is 5.33. The van der Waals surface area contributed by atoms with Crippen LogP contribution >= 0.6 is 11.3 Å². The van der Waals surface area contributed by atoms with Gasteiger partial charge in [0, 0.05) is 30.1 Å². The Labute approximate surface area is 150 Å². The molecule has 0 bridgehead atoms. The van der Waals surface area contributed by atoms with Crippen molar-refractivity contribution >= 4 is 28.8 Å². The first kappa shape index (κ1) is 17.4. The van der Waals surface area contributed by atoms with Crippen molar-refractivity contribution in [1.29, 1.82) is 0 Å². The van der Waals surface area contributed by atoms with Crippen LogP contribution in [0.3, 0.4) is 0 Å². The summed E-state index contributed by atoms with van der Waals surface area (Å²) in [5, 5.41) is 5.80. The molecule has 132 valence electrons. The van der Waals surface area contributed by atoms with E-state index in [0.29, 0.717) is 18.0 Å². The molecule has 0 unspecified atom stereocenters. The molecule has 2 aromatic rings. The molecule has 7 heteroatoms. The van der Waals surface area contributed by atoms with Gasteiger partial charge in [0.2, 0.25) is 5.91 Å². The van der Waals surface area contributed by atoms with E-state index < -0.39 is 0 Å². The molecule has 0 atom stereocenters. The number of aromatic nitrogens is 1. The first-order valence-electron chi connectivity index (χ1n) is 8.20. The third-order valence-corrected chi connectivity index (χ3v) is 4.73. The van der Waals surface area contributed by atoms with E-state index in [1.807, 2.05) is 18.4 Å². The summed E-state index contributed by atoms with van der Waals surface area (Å²) >= 11 is 1.57. The summed E-state index contributed by atoms with van der Waals surface area (Å²) in [6.07, 6.45) is 1.92. The molecule has 0 aliphatic heterocycles. The fourth-order valence-corrected chi connectivity index (χ4v) is 2.92. The predicted octanol–water partition coefficient (Wildman–Crippen LogP) is 2.84. The lowest BCUT2D eigenvalue weighted by Crippen LogP contribution is -2.31. The zero-order valence-corrected chi connectivity index (χ0v) is 15.1. The topological polar surface area (TPSA) is 71.5 Å². The van der Waals surface area contributed by atoms with E-state index in [0.717, 1.165) is 23.5 Å². The first-order chi connectivity index (χ1) is 12.0. The Bertz CT molecular complexity index is 770. The monoisotopic (exact) mass is 359 g/mol. The van der Waals surface area contributed by atoms with Gasteiger partial charge in [-0.3, -0.25) is 9.59 Å². The number of rotatable bonds is 7. The summed E-state index contributed by atoms with van der Waals surface area (Å²) in [7, 11) is 1.73. The minimum absolute atomic E-state index is 0.0477. The van der Waals surface area contributed by atoms with Crippen molar-refractivity contribution in [3.05, 3.63) is 40.3 Å². The summed E-state index contributed by atoms with van der Waals surface area (Å²) in [6.45, 7) is 2.34. The van der Waals surface area contributed by atoms with Gasteiger partial charge in [-0.2, -0.15) is 0 Å². The number of likely N-dealkylation sites (N-methyl/N-ethyl adjacent to an activating group) is 1. The van der Waals surface area contributed by atoms with Gasteiger partial charge in [-0.25, -0.2) is 4.98 Å². The van der Waals surface area contributed by atoms with Gasteiger partial charge in [0.05, 0.1) is 17.2 Å². The van der Waals surface area contributed by atoms with Crippen molar-refractivity contribution < 1.29 is 14.3 Å². The molecule has 2 amide bonds. The SMILES string of the molecule is Cc1nc(CN(C)C(=O)COc2cccc(NC(=O)C3CC3)c2)cs1. The highest BCUT2D eigenvalue weighted by atomic mass is 32.1. The molecule has 1 aliphatic rings. The van der Waals surface area contributed by atoms with Crippen LogP contribution in [0.4, 0.5) is 5.69 Å². The van der Waals surface area contributed by atoms with Crippen LogP contribution in [0.5, 0.6) is 5.75 Å². The van der Waals surface area contributed by atoms with Crippen LogP contribution in [0.25, 0.3) is 0 Å². The number of nitrogens with zero attached hydrogens (tertiary/aromatic N) is 2. The van der Waals surface area contributed by atoms with Crippen molar-refractivity contribution in [2.75, 3.05) is 19.0 Å². The van der Waals surface area contributed by atoms with Crippen molar-refractivity contribution in [3.63, 3.8) is 0 Å². The fourth-order valence-electron chi connectivity index (χ4n) is 2.32. The highest BCUT2D eigenvalue weighted by Crippen LogP contribution is 2.30. The summed E-state index contributed by atoms with van der Waals surface area (Å²) in [5.41, 5.74) is 1.57. The molecule has 1 fully saturated rings. The Morgan fingerprint density at radius 3 is 2.88 bits per heavy atom. The van der Waals surface area contributed by atoms with E-state index in [2.05, 4.69) is 10.3 Å². The number of hydrogen-bond acceptors (Lipinski definition) is 5. The van der Waals surface area contributed by atoms with E-state index >= 15 is 0 Å². The average Bonchev–Trinajstić information content (AvgIpc) is 3.36. The molecule has 1 aromatic heterocycles. The molecular weight excluding hydrogens is 338 g/mol. The lowest BCUT2D eigenvalue weighted by Gasteiger charge is -2.16. The van der Waals surface area contributed by atoms with Gasteiger partial charge in [0.1, 0.15) is 5.75 Å². The number of carbonyl (C=O) groups excluding carboxylic acids is 2. The number of carbonyl (C=O) groups is 2. The summed E-state index contributed by atoms with van der Waals surface area (Å²) in [6, 6.07) is 7.11. The van der Waals surface area contributed by atoms with Gasteiger partial charge < -0.3 is 15.0 Å². The summed E-state index contributed by atoms with van der Waals surface area (Å²) in [5.74, 6) is 0.624. The lowest BCUT2D eigenvalue weighted by molar-refractivity contribution is -0.132. The van der Waals surface area contributed by atoms with Gasteiger partial charge in [0.15, 0.2) is 6.61 Å². The second-order valence-corrected chi connectivity index (χ2v) is 7.25. The number of ether oxygens (including phenoxy) is 1. The molecule has 1 N–H and O–H groups in total. The molecule has 0 spiro atoms. The maximum atomic E-state index is 12.2. The standard InChI is InChI=1S/C18H21N3O3S/c1-12-19-15(11-25-12)9-21(2)17(22)10-24-16-5-3-4-14(8-16)20-18(23)13-6-7-13/h3-5,8,11,13H,6-7,9-10H2,1-2H3,(H,20,23). The number of aryl methyl sites for hydroxylation is 1. The molecular formula is C18H21N3O3S. The highest BCUT2D eigenvalue weighted by Gasteiger charge is 2.29. The maximum Gasteiger partial charge on any atom is 0.260 e. The Hall–Kier alpha value is -2.41. The normalized spacial score (nSPS) is 13.4. The molecule has 0 saturated heterocycles. The van der Waals surface area contributed by atoms with E-state index in [4.69, 9.17) is 4.74 Å². The van der Waals surface area contributed by atoms with Crippen molar-refractivity contribution in [2.45, 2.75) is 26.3 Å². The van der Waals surface area contributed by atoms with E-state index in [1.165, 1.54) is 0 Å². The number of benzene rings is 1. The molecule has 1 heterocycles. The third-order valence-electron chi connectivity index (χ3n) is 3.90. The van der Waals surface area contributed by atoms with Crippen LogP contribution in [0.2, 0.25) is 0 Å². The lowest BCUT2D eigenvalue weighted by atomic mass is 10.3. The average molecular weight is 359 g/mol. The molecule has 0 radical (unpaired) electrons. The Balaban J connectivity index is 1.50. The molecule has 1 aromatic carbocycles. The van der Waals surface area contributed by atoms with Gasteiger partial charge in [0.25, 0.3) is 5.91 Å². The van der Waals surface area contributed by atoms with Crippen LogP contribution in [0.15, 0.2) is 29.6 Å². The molecule has 25 heavy (non-hydrogen) atoms. The summed E-state index contributed by atoms with van der Waals surface area (Å²) < 4.78 is 5.57. The van der Waals surface area contributed by atoms with Gasteiger partial charge in [-0.1, -0.05) is 6.07 Å². The van der Waals surface area contributed by atoms with Crippen LogP contribution in [0, 0.1) is 12.8 Å². The predicted molar refractivity (Wildman–Crippen MR) is 96.6 cm³/mol. The van der Waals surface area contributed by atoms with E-state index in [-0.39, 0.29) is 24.3 Å². The fraction of sp³-hybridized carbons (Fsp3) is 0.389. The number of thiazole rings is 1. The van der Waals surface area contributed by atoms with Crippen LogP contribution in [-0.2, 0) is 16.1 Å². The van der Waals surface area contributed by atoms with Crippen LogP contribution in [0.1, 0.15) is 23.5 Å². The van der Waals surface area contributed by atoms with E-state index in [9.17, 15) is 9.59 Å². The number of hydrogen-bond donors (Lipinski definition) is 1. The molecule has 1 aliphatic carbocycles. The second kappa shape index (κ2) is 7.65. The zero-order valence-electron chi connectivity index (χ0n) is 14.3. The maximum absolute atomic E-state index is 12.2. The highest BCUT2D eigenvalue weighted by molar-refractivity contribution is 7.09. The number of nitrogens with one attached hydrogen (secondary N) is 1.